The molecular formula is C12H11BrN2O4. The van der Waals surface area contributed by atoms with Crippen LogP contribution < -0.4 is 4.74 Å². The van der Waals surface area contributed by atoms with Crippen molar-refractivity contribution in [3.63, 3.8) is 0 Å². The monoisotopic (exact) mass is 326 g/mol. The van der Waals surface area contributed by atoms with Gasteiger partial charge in [-0.25, -0.2) is 4.79 Å². The number of carboxylic acid groups (broad SMARTS) is 1. The van der Waals surface area contributed by atoms with E-state index in [2.05, 4.69) is 21.0 Å². The fourth-order valence-corrected chi connectivity index (χ4v) is 2.25. The molecule has 1 aromatic carbocycles. The summed E-state index contributed by atoms with van der Waals surface area (Å²) in [7, 11) is 3.09. The number of aryl methyl sites for hydroxylation is 1. The summed E-state index contributed by atoms with van der Waals surface area (Å²) in [6.45, 7) is 0. The molecule has 6 nitrogen and oxygen atoms in total. The summed E-state index contributed by atoms with van der Waals surface area (Å²) in [5.74, 6) is -0.800. The molecule has 0 saturated carbocycles. The van der Waals surface area contributed by atoms with Crippen LogP contribution in [-0.4, -0.2) is 33.1 Å². The second kappa shape index (κ2) is 4.93. The van der Waals surface area contributed by atoms with E-state index in [-0.39, 0.29) is 11.4 Å². The number of aromatic nitrogens is 2. The van der Waals surface area contributed by atoms with Crippen LogP contribution in [0.2, 0.25) is 0 Å². The van der Waals surface area contributed by atoms with Gasteiger partial charge >= 0.3 is 5.97 Å². The number of carboxylic acids is 1. The lowest BCUT2D eigenvalue weighted by Gasteiger charge is -2.09. The number of ether oxygens (including phenoxy) is 1. The first-order valence-corrected chi connectivity index (χ1v) is 6.07. The molecule has 2 N–H and O–H groups in total. The van der Waals surface area contributed by atoms with Gasteiger partial charge in [0.2, 0.25) is 0 Å². The largest absolute Gasteiger partial charge is 0.504 e. The Bertz CT molecular complexity index is 651. The van der Waals surface area contributed by atoms with Crippen molar-refractivity contribution in [2.24, 2.45) is 7.05 Å². The Labute approximate surface area is 117 Å². The highest BCUT2D eigenvalue weighted by molar-refractivity contribution is 9.10. The van der Waals surface area contributed by atoms with Crippen LogP contribution in [0.25, 0.3) is 11.3 Å². The third-order valence-corrected chi connectivity index (χ3v) is 3.30. The van der Waals surface area contributed by atoms with E-state index < -0.39 is 5.97 Å². The van der Waals surface area contributed by atoms with Crippen LogP contribution in [0, 0.1) is 0 Å². The molecule has 0 aliphatic heterocycles. The summed E-state index contributed by atoms with van der Waals surface area (Å²) in [6, 6.07) is 4.54. The highest BCUT2D eigenvalue weighted by Gasteiger charge is 2.16. The zero-order chi connectivity index (χ0) is 14.2. The van der Waals surface area contributed by atoms with E-state index in [1.807, 2.05) is 0 Å². The van der Waals surface area contributed by atoms with Gasteiger partial charge in [0.15, 0.2) is 17.2 Å². The number of carbonyl (C=O) groups is 1. The predicted molar refractivity (Wildman–Crippen MR) is 71.5 cm³/mol. The summed E-state index contributed by atoms with van der Waals surface area (Å²) in [5, 5.41) is 22.6. The molecule has 2 aromatic rings. The van der Waals surface area contributed by atoms with Crippen molar-refractivity contribution in [1.29, 1.82) is 0 Å². The first-order valence-electron chi connectivity index (χ1n) is 5.28. The molecule has 0 unspecified atom stereocenters. The van der Waals surface area contributed by atoms with Gasteiger partial charge in [-0.1, -0.05) is 0 Å². The lowest BCUT2D eigenvalue weighted by atomic mass is 10.1. The maximum absolute atomic E-state index is 10.9. The molecular weight excluding hydrogens is 316 g/mol. The molecule has 0 radical (unpaired) electrons. The minimum absolute atomic E-state index is 0.0289. The smallest absolute Gasteiger partial charge is 0.356 e. The summed E-state index contributed by atoms with van der Waals surface area (Å²) in [5.41, 5.74) is 1.14. The van der Waals surface area contributed by atoms with Gasteiger partial charge in [0, 0.05) is 17.1 Å². The number of rotatable bonds is 3. The fraction of sp³-hybridized carbons (Fsp3) is 0.167. The second-order valence-electron chi connectivity index (χ2n) is 3.85. The molecule has 0 atom stereocenters. The summed E-state index contributed by atoms with van der Waals surface area (Å²) < 4.78 is 7.10. The van der Waals surface area contributed by atoms with Gasteiger partial charge in [-0.3, -0.25) is 4.68 Å². The minimum atomic E-state index is -1.10. The van der Waals surface area contributed by atoms with E-state index in [1.54, 1.807) is 13.1 Å². The number of phenolic OH excluding ortho intramolecular Hbond substituents is 1. The van der Waals surface area contributed by atoms with Crippen molar-refractivity contribution in [2.75, 3.05) is 7.11 Å². The number of hydrogen-bond acceptors (Lipinski definition) is 4. The first-order chi connectivity index (χ1) is 8.93. The van der Waals surface area contributed by atoms with Crippen molar-refractivity contribution >= 4 is 21.9 Å². The van der Waals surface area contributed by atoms with Crippen LogP contribution >= 0.6 is 15.9 Å². The first kappa shape index (κ1) is 13.4. The fourth-order valence-electron chi connectivity index (χ4n) is 1.73. The molecule has 2 rings (SSSR count). The van der Waals surface area contributed by atoms with E-state index in [0.29, 0.717) is 21.5 Å². The van der Waals surface area contributed by atoms with Gasteiger partial charge in [0.1, 0.15) is 0 Å². The van der Waals surface area contributed by atoms with Gasteiger partial charge in [0.05, 0.1) is 12.8 Å². The van der Waals surface area contributed by atoms with Crippen LogP contribution in [0.1, 0.15) is 10.5 Å². The average molecular weight is 327 g/mol. The lowest BCUT2D eigenvalue weighted by Crippen LogP contribution is -1.99. The zero-order valence-electron chi connectivity index (χ0n) is 10.2. The lowest BCUT2D eigenvalue weighted by molar-refractivity contribution is 0.0689. The van der Waals surface area contributed by atoms with E-state index in [9.17, 15) is 9.90 Å². The number of aromatic carboxylic acids is 1. The Morgan fingerprint density at radius 2 is 2.11 bits per heavy atom. The number of benzene rings is 1. The molecule has 0 aliphatic rings. The van der Waals surface area contributed by atoms with Crippen molar-refractivity contribution < 1.29 is 19.7 Å². The molecule has 19 heavy (non-hydrogen) atoms. The molecule has 0 spiro atoms. The average Bonchev–Trinajstić information content (AvgIpc) is 2.74. The molecule has 0 fully saturated rings. The molecule has 100 valence electrons. The molecule has 0 aliphatic carbocycles. The quantitative estimate of drug-likeness (QED) is 0.903. The highest BCUT2D eigenvalue weighted by Crippen LogP contribution is 2.37. The maximum atomic E-state index is 10.9. The molecule has 1 aromatic heterocycles. The Morgan fingerprint density at radius 1 is 1.42 bits per heavy atom. The van der Waals surface area contributed by atoms with Gasteiger partial charge in [0.25, 0.3) is 0 Å². The summed E-state index contributed by atoms with van der Waals surface area (Å²) in [4.78, 5) is 10.9. The van der Waals surface area contributed by atoms with E-state index in [4.69, 9.17) is 9.84 Å². The number of aromatic hydroxyl groups is 1. The number of halogens is 1. The summed E-state index contributed by atoms with van der Waals surface area (Å²) >= 11 is 3.36. The standard InChI is InChI=1S/C12H11BrN2O4/c1-15-9(5-8(14-15)12(17)18)6-3-10(16)11(19-2)4-7(6)13/h3-5,16H,1-2H3,(H,17,18). The maximum Gasteiger partial charge on any atom is 0.356 e. The minimum Gasteiger partial charge on any atom is -0.504 e. The number of nitrogens with zero attached hydrogens (tertiary/aromatic N) is 2. The normalized spacial score (nSPS) is 10.5. The van der Waals surface area contributed by atoms with Gasteiger partial charge < -0.3 is 14.9 Å². The van der Waals surface area contributed by atoms with Crippen LogP contribution in [0.4, 0.5) is 0 Å². The third kappa shape index (κ3) is 2.41. The Hall–Kier alpha value is -2.02. The SMILES string of the molecule is COc1cc(Br)c(-c2cc(C(=O)O)nn2C)cc1O. The third-order valence-electron chi connectivity index (χ3n) is 2.64. The molecule has 0 saturated heterocycles. The van der Waals surface area contributed by atoms with Crippen molar-refractivity contribution in [1.82, 2.24) is 9.78 Å². The van der Waals surface area contributed by atoms with Crippen LogP contribution in [0.15, 0.2) is 22.7 Å². The van der Waals surface area contributed by atoms with E-state index >= 15 is 0 Å². The summed E-state index contributed by atoms with van der Waals surface area (Å²) in [6.07, 6.45) is 0. The second-order valence-corrected chi connectivity index (χ2v) is 4.70. The predicted octanol–water partition coefficient (Wildman–Crippen LogP) is 2.26. The Balaban J connectivity index is 2.59. The number of hydrogen-bond donors (Lipinski definition) is 2. The topological polar surface area (TPSA) is 84.6 Å². The molecule has 0 bridgehead atoms. The van der Waals surface area contributed by atoms with Gasteiger partial charge in [-0.05, 0) is 34.1 Å². The van der Waals surface area contributed by atoms with Crippen LogP contribution in [-0.2, 0) is 7.05 Å². The zero-order valence-corrected chi connectivity index (χ0v) is 11.8. The van der Waals surface area contributed by atoms with E-state index in [0.717, 1.165) is 0 Å². The van der Waals surface area contributed by atoms with Gasteiger partial charge in [-0.15, -0.1) is 0 Å². The van der Waals surface area contributed by atoms with Crippen molar-refractivity contribution in [3.05, 3.63) is 28.4 Å². The van der Waals surface area contributed by atoms with Crippen molar-refractivity contribution in [2.45, 2.75) is 0 Å². The van der Waals surface area contributed by atoms with Crippen LogP contribution in [0.3, 0.4) is 0 Å². The number of phenols is 1. The van der Waals surface area contributed by atoms with Crippen molar-refractivity contribution in [3.8, 4) is 22.8 Å². The Morgan fingerprint density at radius 3 is 2.63 bits per heavy atom. The van der Waals surface area contributed by atoms with E-state index in [1.165, 1.54) is 23.9 Å². The molecule has 0 amide bonds. The molecule has 1 heterocycles. The Kier molecular flexibility index (Phi) is 3.48. The van der Waals surface area contributed by atoms with Gasteiger partial charge in [-0.2, -0.15) is 5.10 Å². The van der Waals surface area contributed by atoms with Crippen LogP contribution in [0.5, 0.6) is 11.5 Å². The number of methoxy groups -OCH3 is 1. The molecule has 7 heteroatoms. The highest BCUT2D eigenvalue weighted by atomic mass is 79.9.